The van der Waals surface area contributed by atoms with Gasteiger partial charge in [-0.1, -0.05) is 127 Å². The molecule has 12 rings (SSSR count). The number of aromatic nitrogens is 2. The molecule has 0 aliphatic rings. The first kappa shape index (κ1) is 31.7. The fourth-order valence-corrected chi connectivity index (χ4v) is 9.02. The maximum atomic E-state index is 6.65. The fraction of sp³-hybridized carbons (Fsp3) is 0. The summed E-state index contributed by atoms with van der Waals surface area (Å²) in [5, 5.41) is 7.12. The first-order valence-electron chi connectivity index (χ1n) is 19.5. The number of hydrogen-bond donors (Lipinski definition) is 0. The minimum absolute atomic E-state index is 0.869. The minimum Gasteiger partial charge on any atom is -0.456 e. The smallest absolute Gasteiger partial charge is 0.137 e. The van der Waals surface area contributed by atoms with E-state index in [0.717, 1.165) is 33.3 Å². The number of furan rings is 1. The topological polar surface area (TPSA) is 23.0 Å². The molecule has 0 saturated carbocycles. The molecular formula is C54H34N2O. The van der Waals surface area contributed by atoms with Crippen molar-refractivity contribution in [2.24, 2.45) is 0 Å². The van der Waals surface area contributed by atoms with Crippen LogP contribution in [0.4, 0.5) is 0 Å². The molecule has 0 bridgehead atoms. The third kappa shape index (κ3) is 4.99. The number of benzene rings is 9. The predicted octanol–water partition coefficient (Wildman–Crippen LogP) is 14.8. The highest BCUT2D eigenvalue weighted by molar-refractivity contribution is 6.14. The standard InChI is InChI=1S/C54H34N2O/c1-4-12-35(13-5-1)38-20-26-50-45(30-38)43-18-10-11-19-49(43)56(50)42-23-25-44-48-33-41(24-29-53(48)57-54(44)34-42)55-51-27-21-39(36-14-6-2-7-15-36)31-46(51)47-32-40(22-28-52(47)55)37-16-8-3-9-17-37/h1-34H. The number of nitrogens with zero attached hydrogens (tertiary/aromatic N) is 2. The molecule has 3 heteroatoms. The SMILES string of the molecule is c1ccc(-c2ccc3c(c2)c2ccccc2n3-c2ccc3c(c2)oc2ccc(-n4c5ccc(-c6ccccc6)cc5c5cc(-c6ccccc6)ccc54)cc23)cc1. The summed E-state index contributed by atoms with van der Waals surface area (Å²) in [6, 6.07) is 74.4. The van der Waals surface area contributed by atoms with Gasteiger partial charge in [-0.3, -0.25) is 0 Å². The van der Waals surface area contributed by atoms with Gasteiger partial charge in [-0.25, -0.2) is 0 Å². The van der Waals surface area contributed by atoms with Crippen molar-refractivity contribution in [3.63, 3.8) is 0 Å². The molecule has 9 aromatic carbocycles. The Kier molecular flexibility index (Phi) is 6.93. The lowest BCUT2D eigenvalue weighted by Gasteiger charge is -2.09. The molecule has 0 N–H and O–H groups in total. The third-order valence-electron chi connectivity index (χ3n) is 11.7. The quantitative estimate of drug-likeness (QED) is 0.173. The average molecular weight is 727 g/mol. The zero-order valence-corrected chi connectivity index (χ0v) is 30.9. The van der Waals surface area contributed by atoms with E-state index in [-0.39, 0.29) is 0 Å². The molecule has 0 atom stereocenters. The highest BCUT2D eigenvalue weighted by atomic mass is 16.3. The van der Waals surface area contributed by atoms with Crippen molar-refractivity contribution < 1.29 is 4.42 Å². The number of para-hydroxylation sites is 1. The Hall–Kier alpha value is -7.62. The lowest BCUT2D eigenvalue weighted by Crippen LogP contribution is -1.94. The Balaban J connectivity index is 1.02. The molecule has 0 spiro atoms. The van der Waals surface area contributed by atoms with Crippen molar-refractivity contribution in [1.29, 1.82) is 0 Å². The van der Waals surface area contributed by atoms with Crippen molar-refractivity contribution in [2.45, 2.75) is 0 Å². The lowest BCUT2D eigenvalue weighted by atomic mass is 10.0. The second-order valence-corrected chi connectivity index (χ2v) is 14.9. The van der Waals surface area contributed by atoms with E-state index in [0.29, 0.717) is 0 Å². The van der Waals surface area contributed by atoms with Gasteiger partial charge in [0.15, 0.2) is 0 Å². The molecular weight excluding hydrogens is 693 g/mol. The van der Waals surface area contributed by atoms with Crippen LogP contribution in [-0.2, 0) is 0 Å². The van der Waals surface area contributed by atoms with E-state index in [1.54, 1.807) is 0 Å². The molecule has 266 valence electrons. The first-order valence-corrected chi connectivity index (χ1v) is 19.5. The Morgan fingerprint density at radius 2 is 0.684 bits per heavy atom. The number of hydrogen-bond acceptors (Lipinski definition) is 1. The van der Waals surface area contributed by atoms with Crippen LogP contribution >= 0.6 is 0 Å². The lowest BCUT2D eigenvalue weighted by molar-refractivity contribution is 0.668. The maximum Gasteiger partial charge on any atom is 0.137 e. The molecule has 0 amide bonds. The van der Waals surface area contributed by atoms with Crippen LogP contribution in [0, 0.1) is 0 Å². The average Bonchev–Trinajstić information content (AvgIpc) is 3.93. The van der Waals surface area contributed by atoms with Crippen LogP contribution in [0.25, 0.3) is 110 Å². The second kappa shape index (κ2) is 12.5. The highest BCUT2D eigenvalue weighted by Gasteiger charge is 2.18. The predicted molar refractivity (Wildman–Crippen MR) is 239 cm³/mol. The van der Waals surface area contributed by atoms with Gasteiger partial charge in [0.2, 0.25) is 0 Å². The first-order chi connectivity index (χ1) is 28.2. The van der Waals surface area contributed by atoms with Gasteiger partial charge in [-0.2, -0.15) is 0 Å². The van der Waals surface area contributed by atoms with Crippen molar-refractivity contribution >= 4 is 65.6 Å². The van der Waals surface area contributed by atoms with Crippen LogP contribution in [-0.4, -0.2) is 9.13 Å². The third-order valence-corrected chi connectivity index (χ3v) is 11.7. The maximum absolute atomic E-state index is 6.65. The molecule has 0 aliphatic carbocycles. The van der Waals surface area contributed by atoms with Crippen LogP contribution in [0.5, 0.6) is 0 Å². The van der Waals surface area contributed by atoms with E-state index in [1.807, 2.05) is 0 Å². The highest BCUT2D eigenvalue weighted by Crippen LogP contribution is 2.40. The van der Waals surface area contributed by atoms with Crippen molar-refractivity contribution in [2.75, 3.05) is 0 Å². The van der Waals surface area contributed by atoms with Gasteiger partial charge in [0.25, 0.3) is 0 Å². The Bertz CT molecular complexity index is 3400. The van der Waals surface area contributed by atoms with Crippen LogP contribution in [0.1, 0.15) is 0 Å². The van der Waals surface area contributed by atoms with Gasteiger partial charge in [0.05, 0.1) is 22.1 Å². The number of rotatable bonds is 5. The minimum atomic E-state index is 0.869. The number of fused-ring (bicyclic) bond motifs is 9. The van der Waals surface area contributed by atoms with Gasteiger partial charge >= 0.3 is 0 Å². The molecule has 0 radical (unpaired) electrons. The summed E-state index contributed by atoms with van der Waals surface area (Å²) in [6.07, 6.45) is 0. The van der Waals surface area contributed by atoms with Gasteiger partial charge in [-0.05, 0) is 106 Å². The molecule has 3 nitrogen and oxygen atoms in total. The van der Waals surface area contributed by atoms with Crippen molar-refractivity contribution in [1.82, 2.24) is 9.13 Å². The van der Waals surface area contributed by atoms with Gasteiger partial charge in [0.1, 0.15) is 11.2 Å². The monoisotopic (exact) mass is 726 g/mol. The van der Waals surface area contributed by atoms with Crippen LogP contribution in [0.2, 0.25) is 0 Å². The zero-order chi connectivity index (χ0) is 37.5. The summed E-state index contributed by atoms with van der Waals surface area (Å²) in [7, 11) is 0. The van der Waals surface area contributed by atoms with E-state index in [9.17, 15) is 0 Å². The van der Waals surface area contributed by atoms with Gasteiger partial charge in [0, 0.05) is 49.8 Å². The van der Waals surface area contributed by atoms with Gasteiger partial charge in [-0.15, -0.1) is 0 Å². The molecule has 0 fully saturated rings. The molecule has 3 aromatic heterocycles. The molecule has 57 heavy (non-hydrogen) atoms. The summed E-state index contributed by atoms with van der Waals surface area (Å²) in [5.41, 5.74) is 15.9. The summed E-state index contributed by atoms with van der Waals surface area (Å²) in [4.78, 5) is 0. The van der Waals surface area contributed by atoms with E-state index in [4.69, 9.17) is 4.42 Å². The van der Waals surface area contributed by atoms with Gasteiger partial charge < -0.3 is 13.6 Å². The summed E-state index contributed by atoms with van der Waals surface area (Å²) in [6.45, 7) is 0. The normalized spacial score (nSPS) is 11.9. The van der Waals surface area contributed by atoms with Crippen LogP contribution in [0.3, 0.4) is 0 Å². The Morgan fingerprint density at radius 3 is 1.23 bits per heavy atom. The molecule has 3 heterocycles. The Labute approximate surface area is 328 Å². The zero-order valence-electron chi connectivity index (χ0n) is 30.9. The van der Waals surface area contributed by atoms with E-state index < -0.39 is 0 Å². The Morgan fingerprint density at radius 1 is 0.246 bits per heavy atom. The van der Waals surface area contributed by atoms with E-state index in [2.05, 4.69) is 215 Å². The van der Waals surface area contributed by atoms with E-state index in [1.165, 1.54) is 77.0 Å². The largest absolute Gasteiger partial charge is 0.456 e. The molecule has 0 unspecified atom stereocenters. The fourth-order valence-electron chi connectivity index (χ4n) is 9.02. The summed E-state index contributed by atoms with van der Waals surface area (Å²) < 4.78 is 11.4. The van der Waals surface area contributed by atoms with E-state index >= 15 is 0 Å². The molecule has 0 saturated heterocycles. The van der Waals surface area contributed by atoms with Crippen molar-refractivity contribution in [3.8, 4) is 44.8 Å². The van der Waals surface area contributed by atoms with Crippen LogP contribution < -0.4 is 0 Å². The summed E-state index contributed by atoms with van der Waals surface area (Å²) >= 11 is 0. The van der Waals surface area contributed by atoms with Crippen LogP contribution in [0.15, 0.2) is 211 Å². The summed E-state index contributed by atoms with van der Waals surface area (Å²) in [5.74, 6) is 0. The molecule has 0 aliphatic heterocycles. The second-order valence-electron chi connectivity index (χ2n) is 14.9. The van der Waals surface area contributed by atoms with Crippen molar-refractivity contribution in [3.05, 3.63) is 206 Å². The molecule has 12 aromatic rings.